The average molecular weight is 447 g/mol. The van der Waals surface area contributed by atoms with Crippen molar-refractivity contribution < 1.29 is 5.21 Å². The van der Waals surface area contributed by atoms with Crippen molar-refractivity contribution in [2.75, 3.05) is 11.9 Å². The van der Waals surface area contributed by atoms with Gasteiger partial charge in [0.2, 0.25) is 0 Å². The summed E-state index contributed by atoms with van der Waals surface area (Å²) in [5.74, 6) is 0.743. The fraction of sp³-hybridized carbons (Fsp3) is 0.440. The number of rotatable bonds is 3. The van der Waals surface area contributed by atoms with Crippen LogP contribution in [-0.4, -0.2) is 44.3 Å². The molecule has 0 aromatic carbocycles. The molecule has 3 heterocycles. The van der Waals surface area contributed by atoms with E-state index in [0.29, 0.717) is 39.8 Å². The Morgan fingerprint density at radius 3 is 2.36 bits per heavy atom. The Bertz CT molecular complexity index is 1250. The van der Waals surface area contributed by atoms with E-state index in [2.05, 4.69) is 54.2 Å². The van der Waals surface area contributed by atoms with Gasteiger partial charge in [0.15, 0.2) is 11.2 Å². The Balaban J connectivity index is 1.68. The molecule has 1 aromatic rings. The van der Waals surface area contributed by atoms with Gasteiger partial charge < -0.3 is 15.4 Å². The lowest BCUT2D eigenvalue weighted by Crippen LogP contribution is -2.62. The average Bonchev–Trinajstić information content (AvgIpc) is 2.73. The summed E-state index contributed by atoms with van der Waals surface area (Å²) in [6.45, 7) is 10.5. The summed E-state index contributed by atoms with van der Waals surface area (Å²) in [4.78, 5) is 15.0. The van der Waals surface area contributed by atoms with Crippen molar-refractivity contribution in [3.05, 3.63) is 51.8 Å². The Kier molecular flexibility index (Phi) is 5.41. The molecular weight excluding hydrogens is 416 g/mol. The topological polar surface area (TPSA) is 107 Å². The quantitative estimate of drug-likeness (QED) is 0.592. The lowest BCUT2D eigenvalue weighted by atomic mass is 9.79. The first-order chi connectivity index (χ1) is 15.4. The molecule has 33 heavy (non-hydrogen) atoms. The van der Waals surface area contributed by atoms with Gasteiger partial charge in [-0.25, -0.2) is 0 Å². The molecule has 2 aliphatic heterocycles. The van der Waals surface area contributed by atoms with Gasteiger partial charge in [0.25, 0.3) is 0 Å². The zero-order valence-corrected chi connectivity index (χ0v) is 20.0. The number of hydrogen-bond acceptors (Lipinski definition) is 7. The fourth-order valence-electron chi connectivity index (χ4n) is 5.18. The number of benzene rings is 1. The molecule has 1 fully saturated rings. The second-order valence-electron chi connectivity index (χ2n) is 10.3. The maximum absolute atomic E-state index is 12.8. The highest BCUT2D eigenvalue weighted by Crippen LogP contribution is 2.33. The van der Waals surface area contributed by atoms with Crippen LogP contribution in [0.3, 0.4) is 0 Å². The number of hydrogen-bond donors (Lipinski definition) is 2. The van der Waals surface area contributed by atoms with E-state index >= 15 is 0 Å². The number of pyridine rings is 1. The number of nitrogens with one attached hydrogen (secondary N) is 1. The largest absolute Gasteiger partial charge is 0.428 e. The van der Waals surface area contributed by atoms with Crippen LogP contribution in [0.5, 0.6) is 0 Å². The Morgan fingerprint density at radius 1 is 1.12 bits per heavy atom. The highest BCUT2D eigenvalue weighted by Gasteiger charge is 2.39. The standard InChI is InChI=1S/C25H30N6O2/c1-15-9-16(14-26)18-10-19(22(32)11-21(18)31(15)33)20-7-8-23(28-27-20)30(6)17-12-24(2,3)29-25(4,5)13-17/h7-11,17,29,33H,12-13H2,1-6H3. The predicted molar refractivity (Wildman–Crippen MR) is 128 cm³/mol. The molecule has 172 valence electrons. The summed E-state index contributed by atoms with van der Waals surface area (Å²) >= 11 is 0. The van der Waals surface area contributed by atoms with E-state index < -0.39 is 0 Å². The Labute approximate surface area is 193 Å². The molecule has 0 saturated carbocycles. The van der Waals surface area contributed by atoms with Gasteiger partial charge in [-0.05, 0) is 71.7 Å². The van der Waals surface area contributed by atoms with Crippen LogP contribution in [0.25, 0.3) is 22.5 Å². The van der Waals surface area contributed by atoms with Crippen LogP contribution in [0.15, 0.2) is 35.1 Å². The van der Waals surface area contributed by atoms with Crippen LogP contribution >= 0.6 is 0 Å². The van der Waals surface area contributed by atoms with E-state index in [4.69, 9.17) is 0 Å². The van der Waals surface area contributed by atoms with Gasteiger partial charge in [0.05, 0.1) is 34.3 Å². The second kappa shape index (κ2) is 7.85. The predicted octanol–water partition coefficient (Wildman–Crippen LogP) is 3.57. The summed E-state index contributed by atoms with van der Waals surface area (Å²) in [7, 11) is 2.03. The molecule has 0 atom stereocenters. The molecule has 0 radical (unpaired) electrons. The van der Waals surface area contributed by atoms with Gasteiger partial charge in [-0.3, -0.25) is 4.79 Å². The molecule has 0 amide bonds. The van der Waals surface area contributed by atoms with Gasteiger partial charge in [-0.2, -0.15) is 9.99 Å². The Morgan fingerprint density at radius 2 is 1.79 bits per heavy atom. The molecule has 2 N–H and O–H groups in total. The van der Waals surface area contributed by atoms with Crippen LogP contribution < -0.4 is 15.6 Å². The van der Waals surface area contributed by atoms with Crippen molar-refractivity contribution in [1.82, 2.24) is 20.2 Å². The van der Waals surface area contributed by atoms with E-state index in [-0.39, 0.29) is 16.5 Å². The van der Waals surface area contributed by atoms with Crippen LogP contribution in [0.4, 0.5) is 5.82 Å². The van der Waals surface area contributed by atoms with Crippen molar-refractivity contribution in [2.24, 2.45) is 0 Å². The van der Waals surface area contributed by atoms with E-state index in [1.807, 2.05) is 13.1 Å². The molecule has 8 nitrogen and oxygen atoms in total. The first-order valence-corrected chi connectivity index (χ1v) is 11.1. The number of aryl methyl sites for hydroxylation is 1. The second-order valence-corrected chi connectivity index (χ2v) is 10.3. The molecule has 4 rings (SSSR count). The third-order valence-electron chi connectivity index (χ3n) is 6.43. The van der Waals surface area contributed by atoms with Crippen LogP contribution in [-0.2, 0) is 0 Å². The minimum Gasteiger partial charge on any atom is -0.428 e. The summed E-state index contributed by atoms with van der Waals surface area (Å²) < 4.78 is 0.924. The highest BCUT2D eigenvalue weighted by atomic mass is 16.5. The summed E-state index contributed by atoms with van der Waals surface area (Å²) in [5.41, 5.74) is 2.14. The van der Waals surface area contributed by atoms with Crippen LogP contribution in [0.2, 0.25) is 0 Å². The number of nitriles is 1. The summed E-state index contributed by atoms with van der Waals surface area (Å²) in [6.07, 6.45) is 1.95. The van der Waals surface area contributed by atoms with E-state index in [0.717, 1.165) is 23.4 Å². The van der Waals surface area contributed by atoms with E-state index in [1.54, 1.807) is 25.1 Å². The summed E-state index contributed by atoms with van der Waals surface area (Å²) in [5, 5.41) is 32.3. The van der Waals surface area contributed by atoms with E-state index in [9.17, 15) is 15.3 Å². The van der Waals surface area contributed by atoms with Crippen LogP contribution in [0.1, 0.15) is 51.8 Å². The van der Waals surface area contributed by atoms with Gasteiger partial charge >= 0.3 is 0 Å². The van der Waals surface area contributed by atoms with Gasteiger partial charge in [0.1, 0.15) is 0 Å². The molecule has 1 aromatic heterocycles. The molecule has 0 spiro atoms. The zero-order valence-electron chi connectivity index (χ0n) is 20.0. The van der Waals surface area contributed by atoms with Crippen molar-refractivity contribution in [3.63, 3.8) is 0 Å². The number of nitrogens with zero attached hydrogens (tertiary/aromatic N) is 5. The molecule has 0 unspecified atom stereocenters. The maximum atomic E-state index is 12.8. The van der Waals surface area contributed by atoms with Gasteiger partial charge in [-0.15, -0.1) is 10.2 Å². The SMILES string of the molecule is Cc1cc(C#N)c2cc(-c3ccc(N(C)C4CC(C)(C)NC(C)(C)C4)nn3)c(=O)cc-2n1O. The normalized spacial score (nSPS) is 17.6. The van der Waals surface area contributed by atoms with Crippen molar-refractivity contribution >= 4 is 5.82 Å². The minimum absolute atomic E-state index is 0.0109. The third-order valence-corrected chi connectivity index (χ3v) is 6.43. The van der Waals surface area contributed by atoms with Crippen molar-refractivity contribution in [2.45, 2.75) is 64.6 Å². The molecule has 0 bridgehead atoms. The number of aromatic nitrogens is 3. The van der Waals surface area contributed by atoms with Crippen molar-refractivity contribution in [1.29, 1.82) is 5.26 Å². The van der Waals surface area contributed by atoms with Gasteiger partial charge in [0, 0.05) is 35.8 Å². The number of fused-ring (bicyclic) bond motifs is 1. The zero-order chi connectivity index (χ0) is 24.1. The lowest BCUT2D eigenvalue weighted by molar-refractivity contribution is 0.160. The smallest absolute Gasteiger partial charge is 0.190 e. The number of anilines is 1. The first-order valence-electron chi connectivity index (χ1n) is 11.1. The molecule has 1 aliphatic carbocycles. The molecular formula is C25H30N6O2. The molecule has 8 heteroatoms. The number of piperidine rings is 1. The lowest BCUT2D eigenvalue weighted by Gasteiger charge is -2.49. The maximum Gasteiger partial charge on any atom is 0.190 e. The Hall–Kier alpha value is -3.44. The molecule has 1 saturated heterocycles. The minimum atomic E-state index is -0.294. The molecule has 3 aliphatic rings. The van der Waals surface area contributed by atoms with Crippen molar-refractivity contribution in [3.8, 4) is 28.6 Å². The van der Waals surface area contributed by atoms with E-state index in [1.165, 1.54) is 6.07 Å². The first kappa shape index (κ1) is 22.7. The third kappa shape index (κ3) is 4.29. The van der Waals surface area contributed by atoms with Crippen LogP contribution in [0, 0.1) is 18.3 Å². The monoisotopic (exact) mass is 446 g/mol. The highest BCUT2D eigenvalue weighted by molar-refractivity contribution is 5.76. The summed E-state index contributed by atoms with van der Waals surface area (Å²) in [6, 6.07) is 10.6. The fourth-order valence-corrected chi connectivity index (χ4v) is 5.18. The van der Waals surface area contributed by atoms with Gasteiger partial charge in [-0.1, -0.05) is 0 Å².